The van der Waals surface area contributed by atoms with Crippen LogP contribution in [0.25, 0.3) is 0 Å². The van der Waals surface area contributed by atoms with Crippen LogP contribution >= 0.6 is 0 Å². The van der Waals surface area contributed by atoms with Crippen LogP contribution in [-0.4, -0.2) is 68.3 Å². The van der Waals surface area contributed by atoms with Crippen LogP contribution in [0.4, 0.5) is 0 Å². The Labute approximate surface area is 143 Å². The van der Waals surface area contributed by atoms with Crippen LogP contribution in [0.15, 0.2) is 12.5 Å². The number of carbonyl (C=O) groups is 4. The third-order valence-electron chi connectivity index (χ3n) is 4.46. The van der Waals surface area contributed by atoms with Crippen molar-refractivity contribution in [2.45, 2.75) is 43.8 Å². The third kappa shape index (κ3) is 3.62. The molecule has 2 aliphatic rings. The Hall–Kier alpha value is -2.91. The lowest BCUT2D eigenvalue weighted by Crippen LogP contribution is -2.61. The Kier molecular flexibility index (Phi) is 4.68. The average Bonchev–Trinajstić information content (AvgIpc) is 3.21. The predicted molar refractivity (Wildman–Crippen MR) is 83.1 cm³/mol. The first kappa shape index (κ1) is 16.9. The van der Waals surface area contributed by atoms with E-state index in [-0.39, 0.29) is 18.7 Å². The number of carboxylic acid groups (broad SMARTS) is 1. The standard InChI is InChI=1S/C15H19N5O5/c21-12-5-9(18-12)13(22)19-10(4-8-6-16-7-17-8)14(23)20-3-1-2-11(20)15(24)25/h6-7,9-11H,1-5H2,(H,16,17)(H,18,21)(H,19,22)(H,24,25)/t9-,10-,11-/m0/s1. The molecule has 10 nitrogen and oxygen atoms in total. The van der Waals surface area contributed by atoms with Crippen LogP contribution in [0, 0.1) is 0 Å². The van der Waals surface area contributed by atoms with E-state index in [1.807, 2.05) is 0 Å². The number of carboxylic acids is 1. The van der Waals surface area contributed by atoms with E-state index in [1.165, 1.54) is 17.4 Å². The normalized spacial score (nSPS) is 23.5. The second kappa shape index (κ2) is 6.91. The van der Waals surface area contributed by atoms with Crippen molar-refractivity contribution < 1.29 is 24.3 Å². The van der Waals surface area contributed by atoms with E-state index in [0.29, 0.717) is 25.1 Å². The maximum Gasteiger partial charge on any atom is 0.326 e. The molecule has 3 rings (SSSR count). The van der Waals surface area contributed by atoms with E-state index in [1.54, 1.807) is 0 Å². The number of hydrogen-bond donors (Lipinski definition) is 4. The maximum absolute atomic E-state index is 12.8. The van der Waals surface area contributed by atoms with Crippen molar-refractivity contribution in [1.82, 2.24) is 25.5 Å². The van der Waals surface area contributed by atoms with Crippen molar-refractivity contribution in [3.63, 3.8) is 0 Å². The zero-order chi connectivity index (χ0) is 18.0. The number of aliphatic carboxylic acids is 1. The molecule has 2 saturated heterocycles. The summed E-state index contributed by atoms with van der Waals surface area (Å²) in [6.07, 6.45) is 4.24. The van der Waals surface area contributed by atoms with Gasteiger partial charge in [0.2, 0.25) is 17.7 Å². The molecule has 134 valence electrons. The summed E-state index contributed by atoms with van der Waals surface area (Å²) in [6.45, 7) is 0.339. The highest BCUT2D eigenvalue weighted by molar-refractivity contribution is 5.99. The fourth-order valence-corrected chi connectivity index (χ4v) is 3.09. The SMILES string of the molecule is O=C1C[C@@H](C(=O)N[C@@H](Cc2cnc[nH]2)C(=O)N2CCC[C@H]2C(=O)O)N1. The summed E-state index contributed by atoms with van der Waals surface area (Å²) in [7, 11) is 0. The molecule has 0 aromatic carbocycles. The number of imidazole rings is 1. The lowest BCUT2D eigenvalue weighted by molar-refractivity contribution is -0.149. The smallest absolute Gasteiger partial charge is 0.326 e. The average molecular weight is 349 g/mol. The summed E-state index contributed by atoms with van der Waals surface area (Å²) < 4.78 is 0. The quantitative estimate of drug-likeness (QED) is 0.455. The molecule has 1 aromatic heterocycles. The summed E-state index contributed by atoms with van der Waals surface area (Å²) in [6, 6.07) is -2.46. The first-order valence-corrected chi connectivity index (χ1v) is 8.06. The van der Waals surface area contributed by atoms with Gasteiger partial charge in [-0.2, -0.15) is 0 Å². The number of rotatable bonds is 6. The first-order chi connectivity index (χ1) is 12.0. The molecule has 3 heterocycles. The zero-order valence-corrected chi connectivity index (χ0v) is 13.4. The Morgan fingerprint density at radius 1 is 1.44 bits per heavy atom. The number of nitrogens with zero attached hydrogens (tertiary/aromatic N) is 2. The highest BCUT2D eigenvalue weighted by Crippen LogP contribution is 2.19. The van der Waals surface area contributed by atoms with Gasteiger partial charge in [-0.1, -0.05) is 0 Å². The molecular weight excluding hydrogens is 330 g/mol. The van der Waals surface area contributed by atoms with Gasteiger partial charge >= 0.3 is 5.97 Å². The first-order valence-electron chi connectivity index (χ1n) is 8.06. The molecule has 0 saturated carbocycles. The van der Waals surface area contributed by atoms with Crippen molar-refractivity contribution in [3.05, 3.63) is 18.2 Å². The second-order valence-corrected chi connectivity index (χ2v) is 6.19. The number of amides is 3. The van der Waals surface area contributed by atoms with Gasteiger partial charge in [0.25, 0.3) is 0 Å². The van der Waals surface area contributed by atoms with Gasteiger partial charge in [-0.05, 0) is 12.8 Å². The maximum atomic E-state index is 12.8. The highest BCUT2D eigenvalue weighted by Gasteiger charge is 2.39. The fourth-order valence-electron chi connectivity index (χ4n) is 3.09. The molecule has 0 bridgehead atoms. The van der Waals surface area contributed by atoms with Crippen LogP contribution < -0.4 is 10.6 Å². The Morgan fingerprint density at radius 3 is 2.80 bits per heavy atom. The molecule has 1 aromatic rings. The van der Waals surface area contributed by atoms with E-state index >= 15 is 0 Å². The highest BCUT2D eigenvalue weighted by atomic mass is 16.4. The van der Waals surface area contributed by atoms with Crippen LogP contribution in [0.2, 0.25) is 0 Å². The number of β-lactam (4-membered cyclic amide) rings is 1. The summed E-state index contributed by atoms with van der Waals surface area (Å²) >= 11 is 0. The van der Waals surface area contributed by atoms with Gasteiger partial charge in [-0.3, -0.25) is 14.4 Å². The predicted octanol–water partition coefficient (Wildman–Crippen LogP) is -1.60. The lowest BCUT2D eigenvalue weighted by Gasteiger charge is -2.30. The number of aromatic nitrogens is 2. The summed E-state index contributed by atoms with van der Waals surface area (Å²) in [4.78, 5) is 55.4. The molecule has 10 heteroatoms. The summed E-state index contributed by atoms with van der Waals surface area (Å²) in [5.41, 5.74) is 0.641. The molecule has 0 aliphatic carbocycles. The minimum Gasteiger partial charge on any atom is -0.480 e. The van der Waals surface area contributed by atoms with Gasteiger partial charge in [0.05, 0.1) is 12.7 Å². The van der Waals surface area contributed by atoms with Gasteiger partial charge in [0.15, 0.2) is 0 Å². The van der Waals surface area contributed by atoms with Crippen molar-refractivity contribution in [2.75, 3.05) is 6.54 Å². The van der Waals surface area contributed by atoms with Gasteiger partial charge < -0.3 is 25.6 Å². The summed E-state index contributed by atoms with van der Waals surface area (Å²) in [5.74, 6) is -2.17. The number of aromatic amines is 1. The largest absolute Gasteiger partial charge is 0.480 e. The van der Waals surface area contributed by atoms with E-state index in [0.717, 1.165) is 0 Å². The van der Waals surface area contributed by atoms with Gasteiger partial charge in [-0.25, -0.2) is 9.78 Å². The molecule has 3 atom stereocenters. The molecule has 0 radical (unpaired) electrons. The van der Waals surface area contributed by atoms with E-state index in [2.05, 4.69) is 20.6 Å². The fraction of sp³-hybridized carbons (Fsp3) is 0.533. The number of nitrogens with one attached hydrogen (secondary N) is 3. The van der Waals surface area contributed by atoms with Gasteiger partial charge in [-0.15, -0.1) is 0 Å². The molecule has 25 heavy (non-hydrogen) atoms. The van der Waals surface area contributed by atoms with E-state index < -0.39 is 35.9 Å². The Bertz CT molecular complexity index is 680. The molecule has 2 fully saturated rings. The summed E-state index contributed by atoms with van der Waals surface area (Å²) in [5, 5.41) is 14.4. The zero-order valence-electron chi connectivity index (χ0n) is 13.4. The van der Waals surface area contributed by atoms with Crippen LogP contribution in [-0.2, 0) is 25.6 Å². The van der Waals surface area contributed by atoms with Crippen LogP contribution in [0.1, 0.15) is 25.0 Å². The van der Waals surface area contributed by atoms with Crippen molar-refractivity contribution in [3.8, 4) is 0 Å². The number of hydrogen-bond acceptors (Lipinski definition) is 5. The van der Waals surface area contributed by atoms with Crippen LogP contribution in [0.5, 0.6) is 0 Å². The molecule has 0 unspecified atom stereocenters. The van der Waals surface area contributed by atoms with Crippen molar-refractivity contribution >= 4 is 23.7 Å². The van der Waals surface area contributed by atoms with E-state index in [9.17, 15) is 24.3 Å². The van der Waals surface area contributed by atoms with Crippen molar-refractivity contribution in [1.29, 1.82) is 0 Å². The third-order valence-corrected chi connectivity index (χ3v) is 4.46. The van der Waals surface area contributed by atoms with Crippen molar-refractivity contribution in [2.24, 2.45) is 0 Å². The second-order valence-electron chi connectivity index (χ2n) is 6.19. The number of carbonyl (C=O) groups excluding carboxylic acids is 3. The van der Waals surface area contributed by atoms with Crippen LogP contribution in [0.3, 0.4) is 0 Å². The number of likely N-dealkylation sites (tertiary alicyclic amines) is 1. The Balaban J connectivity index is 1.73. The minimum atomic E-state index is -1.05. The minimum absolute atomic E-state index is 0.0816. The molecule has 3 amide bonds. The monoisotopic (exact) mass is 349 g/mol. The van der Waals surface area contributed by atoms with Gasteiger partial charge in [0, 0.05) is 24.9 Å². The molecule has 4 N–H and O–H groups in total. The molecule has 0 spiro atoms. The van der Waals surface area contributed by atoms with E-state index in [4.69, 9.17) is 0 Å². The molecule has 2 aliphatic heterocycles. The molecular formula is C15H19N5O5. The Morgan fingerprint density at radius 2 is 2.20 bits per heavy atom. The lowest BCUT2D eigenvalue weighted by atomic mass is 10.0. The van der Waals surface area contributed by atoms with Gasteiger partial charge in [0.1, 0.15) is 18.1 Å². The topological polar surface area (TPSA) is 144 Å². The number of H-pyrrole nitrogens is 1.